The molecule has 0 aromatic carbocycles. The second kappa shape index (κ2) is 8.93. The quantitative estimate of drug-likeness (QED) is 0.623. The topological polar surface area (TPSA) is 15.3 Å². The lowest BCUT2D eigenvalue weighted by Crippen LogP contribution is -2.32. The van der Waals surface area contributed by atoms with Crippen LogP contribution in [0.25, 0.3) is 0 Å². The Labute approximate surface area is 108 Å². The molecule has 1 rings (SSSR count). The molecule has 2 nitrogen and oxygen atoms in total. The van der Waals surface area contributed by atoms with Crippen molar-refractivity contribution in [1.82, 2.24) is 10.2 Å². The largest absolute Gasteiger partial charge is 0.315 e. The highest BCUT2D eigenvalue weighted by atomic mass is 15.1. The van der Waals surface area contributed by atoms with Crippen LogP contribution in [0, 0.1) is 11.8 Å². The molecule has 1 aliphatic carbocycles. The van der Waals surface area contributed by atoms with Crippen molar-refractivity contribution in [2.45, 2.75) is 52.4 Å². The van der Waals surface area contributed by atoms with E-state index in [1.807, 2.05) is 0 Å². The molecule has 0 spiro atoms. The fourth-order valence-corrected chi connectivity index (χ4v) is 2.76. The summed E-state index contributed by atoms with van der Waals surface area (Å²) in [4.78, 5) is 2.51. The lowest BCUT2D eigenvalue weighted by Gasteiger charge is -2.20. The van der Waals surface area contributed by atoms with Crippen LogP contribution in [0.3, 0.4) is 0 Å². The number of hydrogen-bond acceptors (Lipinski definition) is 2. The smallest absolute Gasteiger partial charge is 0.0104 e. The van der Waals surface area contributed by atoms with Gasteiger partial charge in [-0.3, -0.25) is 0 Å². The fraction of sp³-hybridized carbons (Fsp3) is 1.00. The lowest BCUT2D eigenvalue weighted by molar-refractivity contribution is 0.277. The number of rotatable bonds is 9. The molecule has 1 N–H and O–H groups in total. The molecule has 17 heavy (non-hydrogen) atoms. The van der Waals surface area contributed by atoms with Crippen molar-refractivity contribution >= 4 is 0 Å². The van der Waals surface area contributed by atoms with Crippen LogP contribution in [0.4, 0.5) is 0 Å². The normalized spacial score (nSPS) is 17.5. The Balaban J connectivity index is 1.87. The summed E-state index contributed by atoms with van der Waals surface area (Å²) in [5.41, 5.74) is 0. The minimum absolute atomic E-state index is 0.849. The third-order valence-corrected chi connectivity index (χ3v) is 3.85. The summed E-state index contributed by atoms with van der Waals surface area (Å²) in [5.74, 6) is 1.84. The highest BCUT2D eigenvalue weighted by Crippen LogP contribution is 2.24. The van der Waals surface area contributed by atoms with Crippen LogP contribution in [0.1, 0.15) is 52.4 Å². The average Bonchev–Trinajstić information content (AvgIpc) is 2.75. The molecular formula is C15H32N2. The highest BCUT2D eigenvalue weighted by Gasteiger charge is 2.16. The number of nitrogens with zero attached hydrogens (tertiary/aromatic N) is 1. The zero-order valence-electron chi connectivity index (χ0n) is 12.2. The maximum Gasteiger partial charge on any atom is 0.0104 e. The Bertz CT molecular complexity index is 174. The van der Waals surface area contributed by atoms with Crippen molar-refractivity contribution in [1.29, 1.82) is 0 Å². The Kier molecular flexibility index (Phi) is 7.87. The van der Waals surface area contributed by atoms with E-state index in [2.05, 4.69) is 31.1 Å². The van der Waals surface area contributed by atoms with Gasteiger partial charge in [0.05, 0.1) is 0 Å². The minimum atomic E-state index is 0.849. The van der Waals surface area contributed by atoms with Gasteiger partial charge in [0.1, 0.15) is 0 Å². The van der Waals surface area contributed by atoms with Crippen LogP contribution < -0.4 is 5.32 Å². The molecule has 0 aromatic rings. The summed E-state index contributed by atoms with van der Waals surface area (Å²) >= 11 is 0. The second-order valence-electron chi connectivity index (χ2n) is 6.20. The highest BCUT2D eigenvalue weighted by molar-refractivity contribution is 4.70. The summed E-state index contributed by atoms with van der Waals surface area (Å²) in [5, 5.41) is 3.55. The Morgan fingerprint density at radius 1 is 1.18 bits per heavy atom. The Morgan fingerprint density at radius 3 is 2.53 bits per heavy atom. The Morgan fingerprint density at radius 2 is 1.88 bits per heavy atom. The molecule has 0 heterocycles. The molecule has 0 atom stereocenters. The summed E-state index contributed by atoms with van der Waals surface area (Å²) in [6, 6.07) is 0. The standard InChI is InChI=1S/C15H32N2/c1-14(2)7-6-10-16-11-12-17(3)13-15-8-4-5-9-15/h14-16H,4-13H2,1-3H3. The van der Waals surface area contributed by atoms with Crippen LogP contribution in [-0.4, -0.2) is 38.1 Å². The van der Waals surface area contributed by atoms with E-state index in [1.54, 1.807) is 0 Å². The van der Waals surface area contributed by atoms with Crippen molar-refractivity contribution in [2.75, 3.05) is 33.2 Å². The van der Waals surface area contributed by atoms with Crippen molar-refractivity contribution in [3.8, 4) is 0 Å². The van der Waals surface area contributed by atoms with Crippen LogP contribution in [0.2, 0.25) is 0 Å². The molecule has 1 fully saturated rings. The first-order chi connectivity index (χ1) is 8.18. The monoisotopic (exact) mass is 240 g/mol. The van der Waals surface area contributed by atoms with Gasteiger partial charge in [-0.1, -0.05) is 26.7 Å². The summed E-state index contributed by atoms with van der Waals surface area (Å²) < 4.78 is 0. The van der Waals surface area contributed by atoms with Crippen molar-refractivity contribution in [3.63, 3.8) is 0 Å². The van der Waals surface area contributed by atoms with Crippen LogP contribution in [0.15, 0.2) is 0 Å². The van der Waals surface area contributed by atoms with Gasteiger partial charge in [0.2, 0.25) is 0 Å². The summed E-state index contributed by atoms with van der Waals surface area (Å²) in [7, 11) is 2.27. The van der Waals surface area contributed by atoms with E-state index in [1.165, 1.54) is 58.2 Å². The molecule has 1 aliphatic rings. The van der Waals surface area contributed by atoms with Crippen molar-refractivity contribution in [3.05, 3.63) is 0 Å². The molecule has 2 heteroatoms. The van der Waals surface area contributed by atoms with Gasteiger partial charge in [0.15, 0.2) is 0 Å². The SMILES string of the molecule is CC(C)CCCNCCN(C)CC1CCCC1. The Hall–Kier alpha value is -0.0800. The van der Waals surface area contributed by atoms with Gasteiger partial charge < -0.3 is 10.2 Å². The first-order valence-electron chi connectivity index (χ1n) is 7.57. The molecule has 0 aliphatic heterocycles. The predicted octanol–water partition coefficient (Wildman–Crippen LogP) is 3.13. The van der Waals surface area contributed by atoms with E-state index < -0.39 is 0 Å². The predicted molar refractivity (Wildman–Crippen MR) is 76.4 cm³/mol. The number of likely N-dealkylation sites (N-methyl/N-ethyl adjacent to an activating group) is 1. The maximum absolute atomic E-state index is 3.55. The van der Waals surface area contributed by atoms with Gasteiger partial charge in [-0.25, -0.2) is 0 Å². The number of nitrogens with one attached hydrogen (secondary N) is 1. The molecular weight excluding hydrogens is 208 g/mol. The third kappa shape index (κ3) is 7.77. The van der Waals surface area contributed by atoms with Crippen LogP contribution in [0.5, 0.6) is 0 Å². The molecule has 0 amide bonds. The fourth-order valence-electron chi connectivity index (χ4n) is 2.76. The van der Waals surface area contributed by atoms with Crippen molar-refractivity contribution < 1.29 is 0 Å². The van der Waals surface area contributed by atoms with E-state index in [-0.39, 0.29) is 0 Å². The van der Waals surface area contributed by atoms with Gasteiger partial charge in [-0.15, -0.1) is 0 Å². The van der Waals surface area contributed by atoms with Gasteiger partial charge in [0, 0.05) is 19.6 Å². The third-order valence-electron chi connectivity index (χ3n) is 3.85. The van der Waals surface area contributed by atoms with Gasteiger partial charge >= 0.3 is 0 Å². The lowest BCUT2D eigenvalue weighted by atomic mass is 10.1. The van der Waals surface area contributed by atoms with E-state index in [9.17, 15) is 0 Å². The van der Waals surface area contributed by atoms with Gasteiger partial charge in [0.25, 0.3) is 0 Å². The average molecular weight is 240 g/mol. The maximum atomic E-state index is 3.55. The molecule has 0 unspecified atom stereocenters. The van der Waals surface area contributed by atoms with E-state index in [4.69, 9.17) is 0 Å². The number of hydrogen-bond donors (Lipinski definition) is 1. The first kappa shape index (κ1) is 15.0. The second-order valence-corrected chi connectivity index (χ2v) is 6.20. The van der Waals surface area contributed by atoms with Crippen LogP contribution in [-0.2, 0) is 0 Å². The molecule has 0 aromatic heterocycles. The van der Waals surface area contributed by atoms with Gasteiger partial charge in [-0.2, -0.15) is 0 Å². The zero-order chi connectivity index (χ0) is 12.5. The zero-order valence-corrected chi connectivity index (χ0v) is 12.2. The van der Waals surface area contributed by atoms with Gasteiger partial charge in [-0.05, 0) is 51.1 Å². The molecule has 0 saturated heterocycles. The van der Waals surface area contributed by atoms with Crippen LogP contribution >= 0.6 is 0 Å². The van der Waals surface area contributed by atoms with E-state index in [0.717, 1.165) is 18.4 Å². The van der Waals surface area contributed by atoms with E-state index >= 15 is 0 Å². The van der Waals surface area contributed by atoms with E-state index in [0.29, 0.717) is 0 Å². The van der Waals surface area contributed by atoms with Crippen molar-refractivity contribution in [2.24, 2.45) is 11.8 Å². The summed E-state index contributed by atoms with van der Waals surface area (Å²) in [6.07, 6.45) is 8.53. The molecule has 1 saturated carbocycles. The summed E-state index contributed by atoms with van der Waals surface area (Å²) in [6.45, 7) is 9.47. The molecule has 102 valence electrons. The molecule has 0 bridgehead atoms. The molecule has 0 radical (unpaired) electrons. The minimum Gasteiger partial charge on any atom is -0.315 e. The first-order valence-corrected chi connectivity index (χ1v) is 7.57.